The van der Waals surface area contributed by atoms with Crippen LogP contribution in [-0.2, 0) is 0 Å². The fourth-order valence-electron chi connectivity index (χ4n) is 1.82. The van der Waals surface area contributed by atoms with Gasteiger partial charge in [0.1, 0.15) is 0 Å². The van der Waals surface area contributed by atoms with Crippen molar-refractivity contribution in [2.45, 2.75) is 20.8 Å². The molecule has 3 aromatic heterocycles. The summed E-state index contributed by atoms with van der Waals surface area (Å²) in [7, 11) is 0. The minimum Gasteiger partial charge on any atom is -0.380 e. The number of anilines is 1. The van der Waals surface area contributed by atoms with Gasteiger partial charge in [0.15, 0.2) is 23.0 Å². The molecule has 11 nitrogen and oxygen atoms in total. The third-order valence-electron chi connectivity index (χ3n) is 3.03. The van der Waals surface area contributed by atoms with Crippen molar-refractivity contribution in [1.82, 2.24) is 30.6 Å². The van der Waals surface area contributed by atoms with Gasteiger partial charge in [0.2, 0.25) is 5.82 Å². The smallest absolute Gasteiger partial charge is 0.223 e. The van der Waals surface area contributed by atoms with Crippen LogP contribution in [0.15, 0.2) is 26.5 Å². The van der Waals surface area contributed by atoms with E-state index in [1.165, 1.54) is 0 Å². The molecule has 0 spiro atoms. The number of aromatic amines is 3. The zero-order chi connectivity index (χ0) is 16.4. The number of aryl methyl sites for hydroxylation is 3. The summed E-state index contributed by atoms with van der Waals surface area (Å²) in [6, 6.07) is 1.77. The highest BCUT2D eigenvalue weighted by atomic mass is 15.3. The van der Waals surface area contributed by atoms with E-state index in [0.29, 0.717) is 34.4 Å². The lowest BCUT2D eigenvalue weighted by molar-refractivity contribution is 1.02. The summed E-state index contributed by atoms with van der Waals surface area (Å²) in [5.74, 6) is 1.05. The van der Waals surface area contributed by atoms with E-state index in [4.69, 9.17) is 5.73 Å². The van der Waals surface area contributed by atoms with Gasteiger partial charge in [0.05, 0.1) is 11.4 Å². The van der Waals surface area contributed by atoms with Crippen molar-refractivity contribution >= 4 is 28.8 Å². The molecular weight excluding hydrogens is 298 g/mol. The first-order chi connectivity index (χ1) is 11.0. The third-order valence-corrected chi connectivity index (χ3v) is 3.03. The van der Waals surface area contributed by atoms with Crippen LogP contribution in [0.25, 0.3) is 0 Å². The Morgan fingerprint density at radius 3 is 2.17 bits per heavy atom. The fraction of sp³-hybridized carbons (Fsp3) is 0.250. The number of nitrogens with one attached hydrogen (secondary N) is 3. The highest BCUT2D eigenvalue weighted by Crippen LogP contribution is 2.32. The molecule has 0 amide bonds. The van der Waals surface area contributed by atoms with Gasteiger partial charge < -0.3 is 5.73 Å². The Morgan fingerprint density at radius 2 is 1.52 bits per heavy atom. The predicted molar refractivity (Wildman–Crippen MR) is 82.7 cm³/mol. The van der Waals surface area contributed by atoms with Gasteiger partial charge in [0.25, 0.3) is 0 Å². The second kappa shape index (κ2) is 5.79. The first-order valence-corrected chi connectivity index (χ1v) is 6.75. The van der Waals surface area contributed by atoms with Gasteiger partial charge in [-0.3, -0.25) is 15.3 Å². The summed E-state index contributed by atoms with van der Waals surface area (Å²) in [6.45, 7) is 5.49. The molecule has 3 heterocycles. The summed E-state index contributed by atoms with van der Waals surface area (Å²) in [4.78, 5) is 0. The summed E-state index contributed by atoms with van der Waals surface area (Å²) in [6.07, 6.45) is 0. The molecule has 3 rings (SSSR count). The zero-order valence-electron chi connectivity index (χ0n) is 12.8. The highest BCUT2D eigenvalue weighted by Gasteiger charge is 2.11. The average Bonchev–Trinajstić information content (AvgIpc) is 3.17. The molecule has 0 aromatic carbocycles. The summed E-state index contributed by atoms with van der Waals surface area (Å²) in [5, 5.41) is 36.5. The number of nitrogen functional groups attached to an aromatic ring is 1. The predicted octanol–water partition coefficient (Wildman–Crippen LogP) is 3.19. The zero-order valence-corrected chi connectivity index (χ0v) is 12.8. The maximum atomic E-state index is 5.71. The Balaban J connectivity index is 1.88. The molecule has 0 aliphatic carbocycles. The molecule has 23 heavy (non-hydrogen) atoms. The van der Waals surface area contributed by atoms with Crippen molar-refractivity contribution in [3.05, 3.63) is 23.1 Å². The van der Waals surface area contributed by atoms with Crippen LogP contribution >= 0.6 is 0 Å². The molecule has 118 valence electrons. The molecule has 3 aromatic rings. The van der Waals surface area contributed by atoms with Gasteiger partial charge in [-0.1, -0.05) is 0 Å². The second-order valence-electron chi connectivity index (χ2n) is 4.91. The number of nitrogens with zero attached hydrogens (tertiary/aromatic N) is 7. The van der Waals surface area contributed by atoms with E-state index >= 15 is 0 Å². The van der Waals surface area contributed by atoms with Crippen LogP contribution in [0.4, 0.5) is 28.8 Å². The van der Waals surface area contributed by atoms with Crippen molar-refractivity contribution in [3.8, 4) is 0 Å². The molecule has 0 atom stereocenters. The first-order valence-electron chi connectivity index (χ1n) is 6.75. The summed E-state index contributed by atoms with van der Waals surface area (Å²) < 4.78 is 0. The van der Waals surface area contributed by atoms with E-state index in [2.05, 4.69) is 51.0 Å². The van der Waals surface area contributed by atoms with Gasteiger partial charge >= 0.3 is 0 Å². The standard InChI is InChI=1S/C12H15N11/c1-5-4-8(17-14-5)18-20-10-7(3)16-22-12(10)23-19-9-6(2)15-21-11(9)13/h4H,1-3H3,(H,14,17)(H,16,22)(H3,13,15,21). The number of H-pyrrole nitrogens is 3. The Morgan fingerprint density at radius 1 is 0.826 bits per heavy atom. The van der Waals surface area contributed by atoms with E-state index in [1.54, 1.807) is 13.0 Å². The number of nitrogens with two attached hydrogens (primary N) is 1. The molecule has 0 bridgehead atoms. The van der Waals surface area contributed by atoms with E-state index in [1.807, 2.05) is 13.8 Å². The highest BCUT2D eigenvalue weighted by molar-refractivity contribution is 5.62. The van der Waals surface area contributed by atoms with Crippen LogP contribution in [0.2, 0.25) is 0 Å². The molecule has 5 N–H and O–H groups in total. The van der Waals surface area contributed by atoms with Crippen LogP contribution in [0.5, 0.6) is 0 Å². The van der Waals surface area contributed by atoms with Gasteiger partial charge in [0, 0.05) is 11.8 Å². The molecule has 0 saturated heterocycles. The van der Waals surface area contributed by atoms with E-state index in [9.17, 15) is 0 Å². The number of hydrogen-bond donors (Lipinski definition) is 4. The normalized spacial score (nSPS) is 12.0. The Labute approximate surface area is 130 Å². The molecule has 0 aliphatic rings. The number of rotatable bonds is 4. The Hall–Kier alpha value is -3.37. The molecule has 0 aliphatic heterocycles. The van der Waals surface area contributed by atoms with Crippen molar-refractivity contribution in [2.24, 2.45) is 20.5 Å². The molecule has 11 heteroatoms. The molecule has 0 fully saturated rings. The van der Waals surface area contributed by atoms with Gasteiger partial charge in [-0.05, 0) is 20.8 Å². The fourth-order valence-corrected chi connectivity index (χ4v) is 1.82. The van der Waals surface area contributed by atoms with E-state index in [-0.39, 0.29) is 5.82 Å². The van der Waals surface area contributed by atoms with Crippen LogP contribution in [-0.4, -0.2) is 30.6 Å². The summed E-state index contributed by atoms with van der Waals surface area (Å²) >= 11 is 0. The van der Waals surface area contributed by atoms with Crippen molar-refractivity contribution in [3.63, 3.8) is 0 Å². The monoisotopic (exact) mass is 313 g/mol. The molecule has 0 radical (unpaired) electrons. The quantitative estimate of drug-likeness (QED) is 0.544. The lowest BCUT2D eigenvalue weighted by Crippen LogP contribution is -1.83. The molecule has 0 unspecified atom stereocenters. The lowest BCUT2D eigenvalue weighted by atomic mass is 10.4. The van der Waals surface area contributed by atoms with Crippen LogP contribution < -0.4 is 5.73 Å². The molecular formula is C12H15N11. The maximum Gasteiger partial charge on any atom is 0.223 e. The van der Waals surface area contributed by atoms with Crippen LogP contribution in [0.1, 0.15) is 17.1 Å². The maximum absolute atomic E-state index is 5.71. The number of azo groups is 2. The Bertz CT molecular complexity index is 859. The van der Waals surface area contributed by atoms with Gasteiger partial charge in [-0.2, -0.15) is 15.3 Å². The average molecular weight is 313 g/mol. The minimum absolute atomic E-state index is 0.272. The summed E-state index contributed by atoms with van der Waals surface area (Å²) in [5.41, 5.74) is 8.99. The van der Waals surface area contributed by atoms with Gasteiger partial charge in [-0.25, -0.2) is 0 Å². The number of aromatic nitrogens is 6. The van der Waals surface area contributed by atoms with E-state index < -0.39 is 0 Å². The SMILES string of the molecule is Cc1cc(N=Nc2c(N=Nc3c(N)n[nH]c3C)n[nH]c2C)n[nH]1. The van der Waals surface area contributed by atoms with Crippen molar-refractivity contribution in [2.75, 3.05) is 5.73 Å². The third kappa shape index (κ3) is 2.97. The largest absolute Gasteiger partial charge is 0.380 e. The van der Waals surface area contributed by atoms with Crippen LogP contribution in [0, 0.1) is 20.8 Å². The van der Waals surface area contributed by atoms with Crippen molar-refractivity contribution < 1.29 is 0 Å². The first kappa shape index (κ1) is 14.6. The number of hydrogen-bond acceptors (Lipinski definition) is 8. The topological polar surface area (TPSA) is 161 Å². The minimum atomic E-state index is 0.272. The molecule has 0 saturated carbocycles. The van der Waals surface area contributed by atoms with Gasteiger partial charge in [-0.15, -0.1) is 20.5 Å². The van der Waals surface area contributed by atoms with E-state index in [0.717, 1.165) is 5.69 Å². The lowest BCUT2D eigenvalue weighted by Gasteiger charge is -1.91. The second-order valence-corrected chi connectivity index (χ2v) is 4.91. The Kier molecular flexibility index (Phi) is 3.66. The van der Waals surface area contributed by atoms with Crippen molar-refractivity contribution in [1.29, 1.82) is 0 Å². The van der Waals surface area contributed by atoms with Crippen LogP contribution in [0.3, 0.4) is 0 Å².